The third-order valence-corrected chi connectivity index (χ3v) is 3.75. The second kappa shape index (κ2) is 8.14. The summed E-state index contributed by atoms with van der Waals surface area (Å²) in [5.41, 5.74) is 1.09. The highest BCUT2D eigenvalue weighted by molar-refractivity contribution is 5.36. The van der Waals surface area contributed by atoms with Crippen LogP contribution in [-0.4, -0.2) is 31.0 Å². The summed E-state index contributed by atoms with van der Waals surface area (Å²) in [6.07, 6.45) is 4.42. The van der Waals surface area contributed by atoms with Crippen LogP contribution in [0, 0.1) is 17.7 Å². The van der Waals surface area contributed by atoms with Gasteiger partial charge in [-0.05, 0) is 37.8 Å². The van der Waals surface area contributed by atoms with Crippen LogP contribution in [0.25, 0.3) is 0 Å². The molecule has 1 aromatic rings. The van der Waals surface area contributed by atoms with E-state index >= 15 is 0 Å². The Morgan fingerprint density at radius 3 is 2.86 bits per heavy atom. The molecule has 0 spiro atoms. The highest BCUT2D eigenvalue weighted by Crippen LogP contribution is 2.24. The fourth-order valence-corrected chi connectivity index (χ4v) is 2.56. The monoisotopic (exact) mass is 292 g/mol. The molecule has 0 saturated heterocycles. The molecular formula is C17H21FO3. The van der Waals surface area contributed by atoms with Gasteiger partial charge in [0.25, 0.3) is 0 Å². The first kappa shape index (κ1) is 16.0. The number of aliphatic hydroxyl groups is 1. The van der Waals surface area contributed by atoms with Crippen LogP contribution < -0.4 is 0 Å². The zero-order valence-electron chi connectivity index (χ0n) is 12.3. The summed E-state index contributed by atoms with van der Waals surface area (Å²) in [7, 11) is 1.72. The molecule has 1 fully saturated rings. The summed E-state index contributed by atoms with van der Waals surface area (Å²) in [5, 5.41) is 8.62. The summed E-state index contributed by atoms with van der Waals surface area (Å²) in [4.78, 5) is 0. The predicted octanol–water partition coefficient (Wildman–Crippen LogP) is 2.64. The number of hydrogen-bond acceptors (Lipinski definition) is 3. The number of ether oxygens (including phenoxy) is 2. The zero-order chi connectivity index (χ0) is 15.1. The normalized spacial score (nSPS) is 21.7. The molecule has 0 aliphatic heterocycles. The minimum absolute atomic E-state index is 0.136. The van der Waals surface area contributed by atoms with Crippen LogP contribution in [0.5, 0.6) is 0 Å². The number of rotatable bonds is 4. The van der Waals surface area contributed by atoms with E-state index in [0.29, 0.717) is 11.1 Å². The van der Waals surface area contributed by atoms with Crippen molar-refractivity contribution in [3.05, 3.63) is 35.1 Å². The Morgan fingerprint density at radius 2 is 2.14 bits per heavy atom. The minimum Gasteiger partial charge on any atom is -0.384 e. The van der Waals surface area contributed by atoms with Crippen molar-refractivity contribution < 1.29 is 19.0 Å². The van der Waals surface area contributed by atoms with Gasteiger partial charge in [0.05, 0.1) is 18.8 Å². The first-order chi connectivity index (χ1) is 10.2. The quantitative estimate of drug-likeness (QED) is 0.867. The molecule has 0 radical (unpaired) electrons. The molecule has 4 heteroatoms. The average Bonchev–Trinajstić information content (AvgIpc) is 2.52. The summed E-state index contributed by atoms with van der Waals surface area (Å²) >= 11 is 0. The maximum absolute atomic E-state index is 13.9. The van der Waals surface area contributed by atoms with Gasteiger partial charge in [-0.2, -0.15) is 0 Å². The molecule has 3 nitrogen and oxygen atoms in total. The third-order valence-electron chi connectivity index (χ3n) is 3.75. The second-order valence-corrected chi connectivity index (χ2v) is 5.22. The van der Waals surface area contributed by atoms with E-state index in [9.17, 15) is 4.39 Å². The van der Waals surface area contributed by atoms with Crippen LogP contribution in [0.4, 0.5) is 4.39 Å². The van der Waals surface area contributed by atoms with Crippen molar-refractivity contribution in [1.82, 2.24) is 0 Å². The van der Waals surface area contributed by atoms with Crippen molar-refractivity contribution in [2.24, 2.45) is 0 Å². The maximum Gasteiger partial charge on any atom is 0.129 e. The number of hydrogen-bond donors (Lipinski definition) is 1. The van der Waals surface area contributed by atoms with Gasteiger partial charge in [0.1, 0.15) is 12.4 Å². The van der Waals surface area contributed by atoms with Gasteiger partial charge in [0.2, 0.25) is 0 Å². The first-order valence-corrected chi connectivity index (χ1v) is 7.25. The van der Waals surface area contributed by atoms with E-state index in [4.69, 9.17) is 14.6 Å². The highest BCUT2D eigenvalue weighted by atomic mass is 19.1. The fraction of sp³-hybridized carbons (Fsp3) is 0.529. The summed E-state index contributed by atoms with van der Waals surface area (Å²) in [6, 6.07) is 4.80. The smallest absolute Gasteiger partial charge is 0.129 e. The minimum atomic E-state index is -0.321. The van der Waals surface area contributed by atoms with Crippen LogP contribution in [0.15, 0.2) is 18.2 Å². The van der Waals surface area contributed by atoms with Crippen molar-refractivity contribution in [3.63, 3.8) is 0 Å². The average molecular weight is 292 g/mol. The third kappa shape index (κ3) is 4.82. The van der Waals surface area contributed by atoms with Gasteiger partial charge in [-0.25, -0.2) is 4.39 Å². The van der Waals surface area contributed by atoms with E-state index in [2.05, 4.69) is 11.8 Å². The fourth-order valence-electron chi connectivity index (χ4n) is 2.56. The Morgan fingerprint density at radius 1 is 1.33 bits per heavy atom. The molecule has 0 amide bonds. The van der Waals surface area contributed by atoms with Crippen LogP contribution in [-0.2, 0) is 16.1 Å². The first-order valence-electron chi connectivity index (χ1n) is 7.25. The Balaban J connectivity index is 1.91. The van der Waals surface area contributed by atoms with Gasteiger partial charge in [0.15, 0.2) is 0 Å². The van der Waals surface area contributed by atoms with E-state index in [0.717, 1.165) is 25.7 Å². The molecule has 1 N–H and O–H groups in total. The van der Waals surface area contributed by atoms with E-state index in [1.165, 1.54) is 6.07 Å². The molecular weight excluding hydrogens is 271 g/mol. The zero-order valence-corrected chi connectivity index (χ0v) is 12.3. The molecule has 2 rings (SSSR count). The molecule has 1 aliphatic rings. The van der Waals surface area contributed by atoms with Crippen LogP contribution in [0.3, 0.4) is 0 Å². The molecule has 114 valence electrons. The summed E-state index contributed by atoms with van der Waals surface area (Å²) in [5.74, 6) is 4.86. The Hall–Kier alpha value is -1.41. The lowest BCUT2D eigenvalue weighted by molar-refractivity contribution is -0.0369. The molecule has 21 heavy (non-hydrogen) atoms. The summed E-state index contributed by atoms with van der Waals surface area (Å²) in [6.45, 7) is 0.0372. The van der Waals surface area contributed by atoms with Gasteiger partial charge in [-0.1, -0.05) is 17.9 Å². The standard InChI is InChI=1S/C17H21FO3/c1-20-15-5-2-6-16(11-15)21-12-14-8-7-13(4-3-9-19)10-17(14)18/h7-8,10,15-16,19H,2,5-6,9,11-12H2,1H3. The Bertz CT molecular complexity index is 519. The van der Waals surface area contributed by atoms with E-state index in [1.54, 1.807) is 19.2 Å². The highest BCUT2D eigenvalue weighted by Gasteiger charge is 2.22. The Labute approximate surface area is 125 Å². The van der Waals surface area contributed by atoms with Crippen LogP contribution in [0.2, 0.25) is 0 Å². The molecule has 1 aromatic carbocycles. The van der Waals surface area contributed by atoms with E-state index < -0.39 is 0 Å². The van der Waals surface area contributed by atoms with E-state index in [-0.39, 0.29) is 31.2 Å². The lowest BCUT2D eigenvalue weighted by atomic mass is 9.95. The van der Waals surface area contributed by atoms with Crippen LogP contribution >= 0.6 is 0 Å². The largest absolute Gasteiger partial charge is 0.384 e. The number of aliphatic hydroxyl groups excluding tert-OH is 1. The molecule has 0 heterocycles. The second-order valence-electron chi connectivity index (χ2n) is 5.22. The van der Waals surface area contributed by atoms with Crippen LogP contribution in [0.1, 0.15) is 36.8 Å². The van der Waals surface area contributed by atoms with Gasteiger partial charge in [-0.3, -0.25) is 0 Å². The van der Waals surface area contributed by atoms with Gasteiger partial charge >= 0.3 is 0 Å². The van der Waals surface area contributed by atoms with Crippen molar-refractivity contribution in [2.75, 3.05) is 13.7 Å². The van der Waals surface area contributed by atoms with Gasteiger partial charge in [-0.15, -0.1) is 0 Å². The summed E-state index contributed by atoms with van der Waals surface area (Å²) < 4.78 is 25.1. The van der Waals surface area contributed by atoms with Crippen molar-refractivity contribution >= 4 is 0 Å². The van der Waals surface area contributed by atoms with Crippen molar-refractivity contribution in [2.45, 2.75) is 44.5 Å². The van der Waals surface area contributed by atoms with Gasteiger partial charge in [0, 0.05) is 18.2 Å². The molecule has 1 aliphatic carbocycles. The number of benzene rings is 1. The number of halogens is 1. The predicted molar refractivity (Wildman–Crippen MR) is 78.2 cm³/mol. The SMILES string of the molecule is COC1CCCC(OCc2ccc(C#CCO)cc2F)C1. The lowest BCUT2D eigenvalue weighted by Gasteiger charge is -2.28. The van der Waals surface area contributed by atoms with Crippen molar-refractivity contribution in [1.29, 1.82) is 0 Å². The topological polar surface area (TPSA) is 38.7 Å². The van der Waals surface area contributed by atoms with Crippen molar-refractivity contribution in [3.8, 4) is 11.8 Å². The lowest BCUT2D eigenvalue weighted by Crippen LogP contribution is -2.27. The molecule has 0 aromatic heterocycles. The van der Waals surface area contributed by atoms with Gasteiger partial charge < -0.3 is 14.6 Å². The molecule has 2 atom stereocenters. The molecule has 0 bridgehead atoms. The molecule has 2 unspecified atom stereocenters. The Kier molecular flexibility index (Phi) is 6.19. The van der Waals surface area contributed by atoms with E-state index in [1.807, 2.05) is 0 Å². The molecule has 1 saturated carbocycles. The maximum atomic E-state index is 13.9. The number of methoxy groups -OCH3 is 1.